The first-order valence-electron chi connectivity index (χ1n) is 8.86. The lowest BCUT2D eigenvalue weighted by Crippen LogP contribution is -2.30. The highest BCUT2D eigenvalue weighted by molar-refractivity contribution is 6.32. The summed E-state index contributed by atoms with van der Waals surface area (Å²) in [6.45, 7) is 4.15. The Morgan fingerprint density at radius 1 is 1.32 bits per heavy atom. The summed E-state index contributed by atoms with van der Waals surface area (Å²) < 4.78 is 17.7. The highest BCUT2D eigenvalue weighted by Crippen LogP contribution is 2.42. The van der Waals surface area contributed by atoms with Gasteiger partial charge < -0.3 is 19.5 Å². The van der Waals surface area contributed by atoms with Crippen LogP contribution in [-0.4, -0.2) is 47.0 Å². The number of carbonyl (C=O) groups is 1. The molecule has 150 valence electrons. The van der Waals surface area contributed by atoms with Gasteiger partial charge in [0, 0.05) is 5.70 Å². The van der Waals surface area contributed by atoms with E-state index in [4.69, 9.17) is 25.8 Å². The third-order valence-electron chi connectivity index (χ3n) is 4.44. The Morgan fingerprint density at radius 2 is 2.11 bits per heavy atom. The second-order valence-electron chi connectivity index (χ2n) is 6.24. The van der Waals surface area contributed by atoms with Gasteiger partial charge in [0.05, 0.1) is 31.4 Å². The minimum absolute atomic E-state index is 0.341. The van der Waals surface area contributed by atoms with Gasteiger partial charge in [-0.25, -0.2) is 4.79 Å². The van der Waals surface area contributed by atoms with E-state index in [-0.39, 0.29) is 0 Å². The number of benzene rings is 1. The van der Waals surface area contributed by atoms with E-state index in [1.165, 1.54) is 18.9 Å². The summed E-state index contributed by atoms with van der Waals surface area (Å²) in [5, 5.41) is 15.1. The van der Waals surface area contributed by atoms with Crippen LogP contribution in [0.5, 0.6) is 11.5 Å². The summed E-state index contributed by atoms with van der Waals surface area (Å²) in [7, 11) is 3.03. The van der Waals surface area contributed by atoms with Gasteiger partial charge in [-0.1, -0.05) is 30.0 Å². The van der Waals surface area contributed by atoms with Crippen LogP contribution in [0.15, 0.2) is 23.4 Å². The largest absolute Gasteiger partial charge is 0.493 e. The summed E-state index contributed by atoms with van der Waals surface area (Å²) in [6.07, 6.45) is 1.71. The smallest absolute Gasteiger partial charge is 0.338 e. The van der Waals surface area contributed by atoms with E-state index in [1.807, 2.05) is 6.92 Å². The number of rotatable bonds is 7. The first-order valence-corrected chi connectivity index (χ1v) is 9.23. The lowest BCUT2D eigenvalue weighted by atomic mass is 9.95. The molecule has 1 unspecified atom stereocenters. The number of allylic oxidation sites excluding steroid dienone is 1. The van der Waals surface area contributed by atoms with Gasteiger partial charge >= 0.3 is 5.97 Å². The number of aromatic nitrogens is 4. The zero-order valence-corrected chi connectivity index (χ0v) is 16.9. The zero-order valence-electron chi connectivity index (χ0n) is 16.2. The fourth-order valence-electron chi connectivity index (χ4n) is 3.07. The van der Waals surface area contributed by atoms with Crippen molar-refractivity contribution in [1.82, 2.24) is 20.2 Å². The van der Waals surface area contributed by atoms with Crippen molar-refractivity contribution in [2.24, 2.45) is 0 Å². The molecule has 1 aromatic carbocycles. The molecular weight excluding hydrogens is 386 g/mol. The molecule has 0 saturated carbocycles. The van der Waals surface area contributed by atoms with Crippen LogP contribution >= 0.6 is 11.6 Å². The Kier molecular flexibility index (Phi) is 6.03. The first kappa shape index (κ1) is 19.9. The molecule has 1 aliphatic heterocycles. The van der Waals surface area contributed by atoms with E-state index in [2.05, 4.69) is 20.8 Å². The van der Waals surface area contributed by atoms with Crippen molar-refractivity contribution in [3.63, 3.8) is 0 Å². The Bertz CT molecular complexity index is 911. The highest BCUT2D eigenvalue weighted by atomic mass is 35.5. The number of methoxy groups -OCH3 is 2. The van der Waals surface area contributed by atoms with Gasteiger partial charge in [-0.3, -0.25) is 0 Å². The number of anilines is 1. The van der Waals surface area contributed by atoms with Crippen LogP contribution < -0.4 is 14.8 Å². The number of ether oxygens (including phenoxy) is 3. The molecule has 1 aliphatic rings. The molecule has 28 heavy (non-hydrogen) atoms. The number of hydrogen-bond donors (Lipinski definition) is 1. The maximum atomic E-state index is 12.9. The van der Waals surface area contributed by atoms with E-state index >= 15 is 0 Å². The molecule has 0 aliphatic carbocycles. The van der Waals surface area contributed by atoms with Crippen LogP contribution in [0.2, 0.25) is 5.02 Å². The first-order chi connectivity index (χ1) is 13.5. The van der Waals surface area contributed by atoms with Gasteiger partial charge in [0.25, 0.3) is 0 Å². The van der Waals surface area contributed by atoms with Crippen molar-refractivity contribution in [3.8, 4) is 11.5 Å². The molecule has 0 bridgehead atoms. The molecular formula is C18H22ClN5O4. The molecule has 0 radical (unpaired) electrons. The van der Waals surface area contributed by atoms with Gasteiger partial charge in [-0.15, -0.1) is 0 Å². The molecule has 1 atom stereocenters. The van der Waals surface area contributed by atoms with Crippen LogP contribution in [-0.2, 0) is 9.53 Å². The standard InChI is InChI=1S/C18H22ClN5O4/c1-5-6-7-28-17(25)14-10(2)20-18-21-22-23-24(18)15(14)11-8-12(19)16(27-4)13(9-11)26-3/h8-9,15H,5-7H2,1-4H3,(H,20,21,23). The molecule has 1 N–H and O–H groups in total. The molecule has 10 heteroatoms. The molecule has 2 aromatic rings. The SMILES string of the molecule is CCCCOC(=O)C1=C(C)Nc2nnnn2C1c1cc(Cl)c(OC)c(OC)c1. The summed E-state index contributed by atoms with van der Waals surface area (Å²) >= 11 is 6.39. The van der Waals surface area contributed by atoms with Crippen molar-refractivity contribution in [3.05, 3.63) is 34.0 Å². The van der Waals surface area contributed by atoms with E-state index < -0.39 is 12.0 Å². The fraction of sp³-hybridized carbons (Fsp3) is 0.444. The number of nitrogens with one attached hydrogen (secondary N) is 1. The van der Waals surface area contributed by atoms with Crippen LogP contribution in [0, 0.1) is 0 Å². The monoisotopic (exact) mass is 407 g/mol. The predicted molar refractivity (Wildman–Crippen MR) is 103 cm³/mol. The number of halogens is 1. The fourth-order valence-corrected chi connectivity index (χ4v) is 3.36. The Morgan fingerprint density at radius 3 is 2.79 bits per heavy atom. The van der Waals surface area contributed by atoms with Crippen molar-refractivity contribution in [2.75, 3.05) is 26.1 Å². The van der Waals surface area contributed by atoms with E-state index in [1.54, 1.807) is 19.1 Å². The topological polar surface area (TPSA) is 100 Å². The average Bonchev–Trinajstić information content (AvgIpc) is 3.14. The van der Waals surface area contributed by atoms with Crippen molar-refractivity contribution >= 4 is 23.5 Å². The van der Waals surface area contributed by atoms with Crippen LogP contribution in [0.1, 0.15) is 38.3 Å². The van der Waals surface area contributed by atoms with E-state index in [0.717, 1.165) is 12.8 Å². The van der Waals surface area contributed by atoms with Crippen LogP contribution in [0.3, 0.4) is 0 Å². The molecule has 2 heterocycles. The Balaban J connectivity index is 2.10. The number of fused-ring (bicyclic) bond motifs is 1. The molecule has 9 nitrogen and oxygen atoms in total. The third-order valence-corrected chi connectivity index (χ3v) is 4.72. The lowest BCUT2D eigenvalue weighted by Gasteiger charge is -2.28. The van der Waals surface area contributed by atoms with Gasteiger partial charge in [0.1, 0.15) is 6.04 Å². The molecule has 3 rings (SSSR count). The Hall–Kier alpha value is -2.81. The lowest BCUT2D eigenvalue weighted by molar-refractivity contribution is -0.139. The van der Waals surface area contributed by atoms with Gasteiger partial charge in [0.2, 0.25) is 5.95 Å². The minimum Gasteiger partial charge on any atom is -0.493 e. The van der Waals surface area contributed by atoms with Crippen LogP contribution in [0.25, 0.3) is 0 Å². The maximum absolute atomic E-state index is 12.9. The number of tetrazole rings is 1. The minimum atomic E-state index is -0.627. The van der Waals surface area contributed by atoms with Gasteiger partial charge in [-0.05, 0) is 41.5 Å². The number of hydrogen-bond acceptors (Lipinski definition) is 8. The predicted octanol–water partition coefficient (Wildman–Crippen LogP) is 2.98. The van der Waals surface area contributed by atoms with Crippen molar-refractivity contribution in [1.29, 1.82) is 0 Å². The second kappa shape index (κ2) is 8.47. The highest BCUT2D eigenvalue weighted by Gasteiger charge is 2.35. The molecule has 0 spiro atoms. The summed E-state index contributed by atoms with van der Waals surface area (Å²) in [5.41, 5.74) is 1.68. The number of carbonyl (C=O) groups excluding carboxylic acids is 1. The summed E-state index contributed by atoms with van der Waals surface area (Å²) in [5.74, 6) is 0.829. The summed E-state index contributed by atoms with van der Waals surface area (Å²) in [4.78, 5) is 12.9. The number of unbranched alkanes of at least 4 members (excludes halogenated alkanes) is 1. The maximum Gasteiger partial charge on any atom is 0.338 e. The Labute approximate surface area is 167 Å². The van der Waals surface area contributed by atoms with E-state index in [0.29, 0.717) is 45.9 Å². The zero-order chi connectivity index (χ0) is 20.3. The number of esters is 1. The van der Waals surface area contributed by atoms with Crippen molar-refractivity contribution in [2.45, 2.75) is 32.7 Å². The quantitative estimate of drug-likeness (QED) is 0.552. The second-order valence-corrected chi connectivity index (χ2v) is 6.65. The average molecular weight is 408 g/mol. The molecule has 0 saturated heterocycles. The van der Waals surface area contributed by atoms with Gasteiger partial charge in [0.15, 0.2) is 11.5 Å². The van der Waals surface area contributed by atoms with E-state index in [9.17, 15) is 4.79 Å². The molecule has 0 amide bonds. The molecule has 0 fully saturated rings. The number of nitrogens with zero attached hydrogens (tertiary/aromatic N) is 4. The molecule has 1 aromatic heterocycles. The third kappa shape index (κ3) is 3.62. The van der Waals surface area contributed by atoms with Crippen molar-refractivity contribution < 1.29 is 19.0 Å². The van der Waals surface area contributed by atoms with Crippen LogP contribution in [0.4, 0.5) is 5.95 Å². The normalized spacial score (nSPS) is 15.7. The summed E-state index contributed by atoms with van der Waals surface area (Å²) in [6, 6.07) is 2.83. The van der Waals surface area contributed by atoms with Gasteiger partial charge in [-0.2, -0.15) is 4.68 Å².